The maximum absolute atomic E-state index is 9.23. The van der Waals surface area contributed by atoms with Gasteiger partial charge in [-0.05, 0) is 24.1 Å². The lowest BCUT2D eigenvalue weighted by atomic mass is 9.93. The lowest BCUT2D eigenvalue weighted by Gasteiger charge is -2.16. The van der Waals surface area contributed by atoms with Gasteiger partial charge in [0.2, 0.25) is 0 Å². The molecule has 1 aliphatic heterocycles. The first-order chi connectivity index (χ1) is 6.77. The third kappa shape index (κ3) is 1.39. The van der Waals surface area contributed by atoms with E-state index >= 15 is 0 Å². The van der Waals surface area contributed by atoms with Gasteiger partial charge in [0.05, 0.1) is 12.6 Å². The number of benzene rings is 1. The third-order valence-corrected chi connectivity index (χ3v) is 3.22. The zero-order valence-electron chi connectivity index (χ0n) is 8.13. The first-order valence-corrected chi connectivity index (χ1v) is 5.31. The minimum atomic E-state index is 0.120. The van der Waals surface area contributed by atoms with Crippen LogP contribution in [0.2, 0.25) is 5.02 Å². The van der Waals surface area contributed by atoms with Crippen LogP contribution in [0.15, 0.2) is 18.2 Å². The molecule has 0 saturated carbocycles. The van der Waals surface area contributed by atoms with E-state index in [2.05, 4.69) is 12.2 Å². The van der Waals surface area contributed by atoms with E-state index in [0.717, 1.165) is 22.7 Å². The Bertz CT molecular complexity index is 340. The van der Waals surface area contributed by atoms with Crippen molar-refractivity contribution in [3.63, 3.8) is 0 Å². The van der Waals surface area contributed by atoms with Crippen LogP contribution in [-0.4, -0.2) is 17.8 Å². The SMILES string of the molecule is CCC1c2c(Cl)cccc2NC1CO. The lowest BCUT2D eigenvalue weighted by molar-refractivity contribution is 0.261. The van der Waals surface area contributed by atoms with Gasteiger partial charge in [-0.15, -0.1) is 0 Å². The Hall–Kier alpha value is -0.730. The van der Waals surface area contributed by atoms with Crippen LogP contribution in [0.3, 0.4) is 0 Å². The average Bonchev–Trinajstić information content (AvgIpc) is 2.56. The summed E-state index contributed by atoms with van der Waals surface area (Å²) in [5.41, 5.74) is 2.24. The molecule has 0 spiro atoms. The molecule has 2 unspecified atom stereocenters. The van der Waals surface area contributed by atoms with Crippen molar-refractivity contribution in [3.05, 3.63) is 28.8 Å². The Morgan fingerprint density at radius 3 is 2.93 bits per heavy atom. The number of halogens is 1. The molecule has 1 aromatic carbocycles. The molecular weight excluding hydrogens is 198 g/mol. The van der Waals surface area contributed by atoms with Gasteiger partial charge in [-0.25, -0.2) is 0 Å². The van der Waals surface area contributed by atoms with Crippen LogP contribution in [0.1, 0.15) is 24.8 Å². The molecule has 0 amide bonds. The standard InChI is InChI=1S/C11H14ClNO/c1-2-7-10(6-14)13-9-5-3-4-8(12)11(7)9/h3-5,7,10,13-14H,2,6H2,1H3. The number of nitrogens with one attached hydrogen (secondary N) is 1. The Morgan fingerprint density at radius 2 is 2.29 bits per heavy atom. The zero-order valence-corrected chi connectivity index (χ0v) is 8.88. The van der Waals surface area contributed by atoms with Crippen molar-refractivity contribution in [1.29, 1.82) is 0 Å². The Morgan fingerprint density at radius 1 is 1.50 bits per heavy atom. The van der Waals surface area contributed by atoms with Gasteiger partial charge in [-0.3, -0.25) is 0 Å². The van der Waals surface area contributed by atoms with Crippen molar-refractivity contribution in [2.75, 3.05) is 11.9 Å². The highest BCUT2D eigenvalue weighted by molar-refractivity contribution is 6.32. The highest BCUT2D eigenvalue weighted by Gasteiger charge is 2.31. The predicted molar refractivity (Wildman–Crippen MR) is 59.0 cm³/mol. The molecule has 2 rings (SSSR count). The summed E-state index contributed by atoms with van der Waals surface area (Å²) in [6.07, 6.45) is 0.995. The Balaban J connectivity index is 2.43. The summed E-state index contributed by atoms with van der Waals surface area (Å²) < 4.78 is 0. The Kier molecular flexibility index (Phi) is 2.66. The van der Waals surface area contributed by atoms with E-state index in [4.69, 9.17) is 11.6 Å². The molecule has 14 heavy (non-hydrogen) atoms. The molecule has 0 bridgehead atoms. The van der Waals surface area contributed by atoms with Gasteiger partial charge in [0.25, 0.3) is 0 Å². The molecule has 2 N–H and O–H groups in total. The number of hydrogen-bond acceptors (Lipinski definition) is 2. The smallest absolute Gasteiger partial charge is 0.0638 e. The Labute approximate surface area is 88.9 Å². The van der Waals surface area contributed by atoms with Crippen LogP contribution < -0.4 is 5.32 Å². The van der Waals surface area contributed by atoms with Gasteiger partial charge >= 0.3 is 0 Å². The van der Waals surface area contributed by atoms with Crippen molar-refractivity contribution in [1.82, 2.24) is 0 Å². The molecule has 76 valence electrons. The second-order valence-electron chi connectivity index (χ2n) is 3.65. The summed E-state index contributed by atoms with van der Waals surface area (Å²) in [6.45, 7) is 2.27. The fourth-order valence-corrected chi connectivity index (χ4v) is 2.52. The molecule has 2 atom stereocenters. The van der Waals surface area contributed by atoms with Crippen molar-refractivity contribution in [2.45, 2.75) is 25.3 Å². The van der Waals surface area contributed by atoms with Crippen LogP contribution in [-0.2, 0) is 0 Å². The first kappa shape index (κ1) is 9.81. The predicted octanol–water partition coefficient (Wildman–Crippen LogP) is 2.62. The molecule has 3 heteroatoms. The topological polar surface area (TPSA) is 32.3 Å². The molecule has 0 radical (unpaired) electrons. The fraction of sp³-hybridized carbons (Fsp3) is 0.455. The van der Waals surface area contributed by atoms with E-state index < -0.39 is 0 Å². The molecule has 0 saturated heterocycles. The van der Waals surface area contributed by atoms with E-state index in [1.807, 2.05) is 18.2 Å². The number of aliphatic hydroxyl groups is 1. The van der Waals surface area contributed by atoms with Crippen LogP contribution in [0.5, 0.6) is 0 Å². The second kappa shape index (κ2) is 3.79. The summed E-state index contributed by atoms with van der Waals surface area (Å²) in [7, 11) is 0. The highest BCUT2D eigenvalue weighted by atomic mass is 35.5. The molecule has 0 aliphatic carbocycles. The van der Waals surface area contributed by atoms with Crippen molar-refractivity contribution in [3.8, 4) is 0 Å². The van der Waals surface area contributed by atoms with E-state index in [-0.39, 0.29) is 12.6 Å². The monoisotopic (exact) mass is 211 g/mol. The first-order valence-electron chi connectivity index (χ1n) is 4.93. The summed E-state index contributed by atoms with van der Waals surface area (Å²) in [5.74, 6) is 0.337. The molecule has 1 heterocycles. The van der Waals surface area contributed by atoms with Gasteiger partial charge in [-0.1, -0.05) is 24.6 Å². The quantitative estimate of drug-likeness (QED) is 0.788. The summed E-state index contributed by atoms with van der Waals surface area (Å²) in [6, 6.07) is 5.97. The number of fused-ring (bicyclic) bond motifs is 1. The third-order valence-electron chi connectivity index (χ3n) is 2.89. The summed E-state index contributed by atoms with van der Waals surface area (Å²) >= 11 is 6.14. The number of aliphatic hydroxyl groups excluding tert-OH is 1. The van der Waals surface area contributed by atoms with E-state index in [1.54, 1.807) is 0 Å². The van der Waals surface area contributed by atoms with Gasteiger partial charge in [0, 0.05) is 16.6 Å². The van der Waals surface area contributed by atoms with Crippen LogP contribution in [0.4, 0.5) is 5.69 Å². The molecule has 1 aromatic rings. The summed E-state index contributed by atoms with van der Waals surface area (Å²) in [5, 5.41) is 13.3. The van der Waals surface area contributed by atoms with E-state index in [0.29, 0.717) is 5.92 Å². The maximum atomic E-state index is 9.23. The van der Waals surface area contributed by atoms with Crippen LogP contribution in [0.25, 0.3) is 0 Å². The van der Waals surface area contributed by atoms with Gasteiger partial charge in [0.15, 0.2) is 0 Å². The second-order valence-corrected chi connectivity index (χ2v) is 4.06. The highest BCUT2D eigenvalue weighted by Crippen LogP contribution is 2.41. The van der Waals surface area contributed by atoms with Gasteiger partial charge in [-0.2, -0.15) is 0 Å². The number of hydrogen-bond donors (Lipinski definition) is 2. The van der Waals surface area contributed by atoms with Gasteiger partial charge in [0.1, 0.15) is 0 Å². The number of anilines is 1. The molecule has 0 aromatic heterocycles. The lowest BCUT2D eigenvalue weighted by Crippen LogP contribution is -2.24. The van der Waals surface area contributed by atoms with Crippen molar-refractivity contribution >= 4 is 17.3 Å². The maximum Gasteiger partial charge on any atom is 0.0638 e. The fourth-order valence-electron chi connectivity index (χ4n) is 2.20. The summed E-state index contributed by atoms with van der Waals surface area (Å²) in [4.78, 5) is 0. The van der Waals surface area contributed by atoms with Crippen molar-refractivity contribution in [2.24, 2.45) is 0 Å². The zero-order chi connectivity index (χ0) is 10.1. The molecule has 0 fully saturated rings. The van der Waals surface area contributed by atoms with Crippen LogP contribution in [0, 0.1) is 0 Å². The van der Waals surface area contributed by atoms with E-state index in [9.17, 15) is 5.11 Å². The normalized spacial score (nSPS) is 24.5. The molecular formula is C11H14ClNO. The average molecular weight is 212 g/mol. The van der Waals surface area contributed by atoms with E-state index in [1.165, 1.54) is 0 Å². The van der Waals surface area contributed by atoms with Crippen LogP contribution >= 0.6 is 11.6 Å². The minimum Gasteiger partial charge on any atom is -0.394 e. The largest absolute Gasteiger partial charge is 0.394 e. The molecule has 1 aliphatic rings. The number of rotatable bonds is 2. The molecule has 2 nitrogen and oxygen atoms in total. The van der Waals surface area contributed by atoms with Crippen molar-refractivity contribution < 1.29 is 5.11 Å². The minimum absolute atomic E-state index is 0.120. The van der Waals surface area contributed by atoms with Gasteiger partial charge < -0.3 is 10.4 Å².